The lowest BCUT2D eigenvalue weighted by atomic mass is 10.0. The second-order valence-corrected chi connectivity index (χ2v) is 6.49. The van der Waals surface area contributed by atoms with Crippen molar-refractivity contribution in [1.82, 2.24) is 10.2 Å². The fraction of sp³-hybridized carbons (Fsp3) is 0.562. The minimum Gasteiger partial charge on any atom is -0.353 e. The quantitative estimate of drug-likeness (QED) is 0.927. The van der Waals surface area contributed by atoms with Gasteiger partial charge >= 0.3 is 0 Å². The number of likely N-dealkylation sites (tertiary alicyclic amines) is 1. The lowest BCUT2D eigenvalue weighted by Gasteiger charge is -2.32. The Kier molecular flexibility index (Phi) is 4.45. The van der Waals surface area contributed by atoms with E-state index in [-0.39, 0.29) is 22.7 Å². The molecule has 1 heterocycles. The molecule has 1 amide bonds. The van der Waals surface area contributed by atoms with Gasteiger partial charge in [0.25, 0.3) is 0 Å². The molecule has 0 bridgehead atoms. The molecule has 1 N–H and O–H groups in total. The van der Waals surface area contributed by atoms with Crippen LogP contribution in [-0.4, -0.2) is 29.9 Å². The summed E-state index contributed by atoms with van der Waals surface area (Å²) < 4.78 is 13.1. The highest BCUT2D eigenvalue weighted by atomic mass is 35.5. The van der Waals surface area contributed by atoms with Crippen LogP contribution in [0.2, 0.25) is 5.02 Å². The van der Waals surface area contributed by atoms with Gasteiger partial charge in [-0.05, 0) is 43.4 Å². The summed E-state index contributed by atoms with van der Waals surface area (Å²) in [6.45, 7) is 2.68. The van der Waals surface area contributed by atoms with Crippen LogP contribution in [0, 0.1) is 11.7 Å². The number of hydrogen-bond donors (Lipinski definition) is 1. The average molecular weight is 311 g/mol. The van der Waals surface area contributed by atoms with E-state index in [2.05, 4.69) is 10.2 Å². The SMILES string of the molecule is O=C(NC1CCN(Cc2ccc(F)c(Cl)c2)CC1)C1CC1. The van der Waals surface area contributed by atoms with E-state index in [1.807, 2.05) is 0 Å². The minimum absolute atomic E-state index is 0.180. The molecule has 1 aliphatic carbocycles. The maximum atomic E-state index is 13.1. The number of nitrogens with zero attached hydrogens (tertiary/aromatic N) is 1. The van der Waals surface area contributed by atoms with Crippen LogP contribution in [0.25, 0.3) is 0 Å². The number of halogens is 2. The molecule has 5 heteroatoms. The van der Waals surface area contributed by atoms with E-state index >= 15 is 0 Å². The molecule has 2 aliphatic rings. The van der Waals surface area contributed by atoms with Gasteiger partial charge in [0, 0.05) is 31.6 Å². The smallest absolute Gasteiger partial charge is 0.223 e. The maximum absolute atomic E-state index is 13.1. The van der Waals surface area contributed by atoms with Gasteiger partial charge in [0.2, 0.25) is 5.91 Å². The lowest BCUT2D eigenvalue weighted by molar-refractivity contribution is -0.123. The Morgan fingerprint density at radius 3 is 2.62 bits per heavy atom. The molecule has 0 aromatic heterocycles. The topological polar surface area (TPSA) is 32.3 Å². The zero-order valence-electron chi connectivity index (χ0n) is 11.9. The second-order valence-electron chi connectivity index (χ2n) is 6.08. The van der Waals surface area contributed by atoms with Crippen molar-refractivity contribution in [3.05, 3.63) is 34.6 Å². The van der Waals surface area contributed by atoms with Gasteiger partial charge < -0.3 is 5.32 Å². The van der Waals surface area contributed by atoms with Crippen molar-refractivity contribution >= 4 is 17.5 Å². The number of carbonyl (C=O) groups excluding carboxylic acids is 1. The molecule has 0 unspecified atom stereocenters. The molecule has 3 rings (SSSR count). The fourth-order valence-corrected chi connectivity index (χ4v) is 3.00. The number of rotatable bonds is 4. The van der Waals surface area contributed by atoms with Crippen LogP contribution in [-0.2, 0) is 11.3 Å². The van der Waals surface area contributed by atoms with Crippen molar-refractivity contribution in [3.8, 4) is 0 Å². The molecule has 0 radical (unpaired) electrons. The second kappa shape index (κ2) is 6.32. The van der Waals surface area contributed by atoms with E-state index in [9.17, 15) is 9.18 Å². The molecule has 21 heavy (non-hydrogen) atoms. The normalized spacial score (nSPS) is 20.5. The van der Waals surface area contributed by atoms with Crippen LogP contribution < -0.4 is 5.32 Å². The van der Waals surface area contributed by atoms with E-state index in [1.54, 1.807) is 12.1 Å². The highest BCUT2D eigenvalue weighted by Gasteiger charge is 2.31. The Labute approximate surface area is 129 Å². The summed E-state index contributed by atoms with van der Waals surface area (Å²) in [5.74, 6) is 0.144. The van der Waals surface area contributed by atoms with Crippen molar-refractivity contribution in [2.24, 2.45) is 5.92 Å². The molecule has 2 fully saturated rings. The van der Waals surface area contributed by atoms with Gasteiger partial charge in [0.1, 0.15) is 5.82 Å². The molecule has 1 aromatic rings. The van der Waals surface area contributed by atoms with Gasteiger partial charge in [-0.2, -0.15) is 0 Å². The molecular weight excluding hydrogens is 291 g/mol. The van der Waals surface area contributed by atoms with E-state index in [0.717, 1.165) is 50.9 Å². The molecule has 1 aliphatic heterocycles. The van der Waals surface area contributed by atoms with Crippen molar-refractivity contribution in [2.75, 3.05) is 13.1 Å². The van der Waals surface area contributed by atoms with Gasteiger partial charge in [-0.25, -0.2) is 4.39 Å². The van der Waals surface area contributed by atoms with Gasteiger partial charge in [-0.1, -0.05) is 17.7 Å². The van der Waals surface area contributed by atoms with E-state index in [4.69, 9.17) is 11.6 Å². The molecule has 3 nitrogen and oxygen atoms in total. The monoisotopic (exact) mass is 310 g/mol. The summed E-state index contributed by atoms with van der Waals surface area (Å²) in [4.78, 5) is 14.1. The highest BCUT2D eigenvalue weighted by molar-refractivity contribution is 6.30. The molecule has 0 atom stereocenters. The average Bonchev–Trinajstić information content (AvgIpc) is 3.30. The number of carbonyl (C=O) groups is 1. The number of amides is 1. The first kappa shape index (κ1) is 14.8. The van der Waals surface area contributed by atoms with Crippen molar-refractivity contribution < 1.29 is 9.18 Å². The van der Waals surface area contributed by atoms with Crippen LogP contribution in [0.3, 0.4) is 0 Å². The fourth-order valence-electron chi connectivity index (χ4n) is 2.80. The highest BCUT2D eigenvalue weighted by Crippen LogP contribution is 2.29. The van der Waals surface area contributed by atoms with Crippen LogP contribution in [0.4, 0.5) is 4.39 Å². The summed E-state index contributed by atoms with van der Waals surface area (Å²) >= 11 is 5.81. The van der Waals surface area contributed by atoms with Gasteiger partial charge in [-0.15, -0.1) is 0 Å². The van der Waals surface area contributed by atoms with Gasteiger partial charge in [0.05, 0.1) is 5.02 Å². The van der Waals surface area contributed by atoms with Gasteiger partial charge in [-0.3, -0.25) is 9.69 Å². The molecule has 1 aromatic carbocycles. The van der Waals surface area contributed by atoms with Crippen LogP contribution >= 0.6 is 11.6 Å². The first-order valence-corrected chi connectivity index (χ1v) is 7.96. The van der Waals surface area contributed by atoms with E-state index in [1.165, 1.54) is 6.07 Å². The number of piperidine rings is 1. The Morgan fingerprint density at radius 2 is 2.00 bits per heavy atom. The zero-order chi connectivity index (χ0) is 14.8. The minimum atomic E-state index is -0.373. The predicted octanol–water partition coefficient (Wildman–Crippen LogP) is 2.97. The first-order chi connectivity index (χ1) is 10.1. The molecule has 0 spiro atoms. The molecule has 114 valence electrons. The van der Waals surface area contributed by atoms with E-state index in [0.29, 0.717) is 6.04 Å². The number of hydrogen-bond acceptors (Lipinski definition) is 2. The summed E-state index contributed by atoms with van der Waals surface area (Å²) in [7, 11) is 0. The standard InChI is InChI=1S/C16H20ClFN2O/c17-14-9-11(1-4-15(14)18)10-20-7-5-13(6-8-20)19-16(21)12-2-3-12/h1,4,9,12-13H,2-3,5-8,10H2,(H,19,21). The van der Waals surface area contributed by atoms with Crippen LogP contribution in [0.15, 0.2) is 18.2 Å². The molecule has 1 saturated carbocycles. The molecular formula is C16H20ClFN2O. The Bertz CT molecular complexity index is 525. The lowest BCUT2D eigenvalue weighted by Crippen LogP contribution is -2.44. The van der Waals surface area contributed by atoms with Crippen molar-refractivity contribution in [2.45, 2.75) is 38.3 Å². The summed E-state index contributed by atoms with van der Waals surface area (Å²) in [5.41, 5.74) is 1.03. The third-order valence-corrected chi connectivity index (χ3v) is 4.56. The van der Waals surface area contributed by atoms with Crippen molar-refractivity contribution in [1.29, 1.82) is 0 Å². The van der Waals surface area contributed by atoms with E-state index < -0.39 is 0 Å². The summed E-state index contributed by atoms with van der Waals surface area (Å²) in [6.07, 6.45) is 4.06. The first-order valence-electron chi connectivity index (χ1n) is 7.58. The van der Waals surface area contributed by atoms with Crippen molar-refractivity contribution in [3.63, 3.8) is 0 Å². The Morgan fingerprint density at radius 1 is 1.29 bits per heavy atom. The largest absolute Gasteiger partial charge is 0.353 e. The zero-order valence-corrected chi connectivity index (χ0v) is 12.7. The third kappa shape index (κ3) is 3.95. The third-order valence-electron chi connectivity index (χ3n) is 4.27. The number of benzene rings is 1. The van der Waals surface area contributed by atoms with Crippen LogP contribution in [0.5, 0.6) is 0 Å². The summed E-state index contributed by atoms with van der Waals surface area (Å²) in [5, 5.41) is 3.33. The van der Waals surface area contributed by atoms with Gasteiger partial charge in [0.15, 0.2) is 0 Å². The predicted molar refractivity (Wildman–Crippen MR) is 80.6 cm³/mol. The van der Waals surface area contributed by atoms with Crippen LogP contribution in [0.1, 0.15) is 31.2 Å². The number of nitrogens with one attached hydrogen (secondary N) is 1. The Balaban J connectivity index is 1.46. The molecule has 1 saturated heterocycles. The summed E-state index contributed by atoms with van der Waals surface area (Å²) in [6, 6.07) is 5.20. The maximum Gasteiger partial charge on any atom is 0.223 e. The Hall–Kier alpha value is -1.13.